The predicted octanol–water partition coefficient (Wildman–Crippen LogP) is 6.85. The Bertz CT molecular complexity index is 2110. The number of pyridine rings is 1. The maximum atomic E-state index is 13.3. The van der Waals surface area contributed by atoms with Crippen molar-refractivity contribution >= 4 is 18.2 Å². The molecule has 0 bridgehead atoms. The molecule has 0 aliphatic heterocycles. The van der Waals surface area contributed by atoms with E-state index in [2.05, 4.69) is 35.6 Å². The fourth-order valence-electron chi connectivity index (χ4n) is 5.19. The number of carbonyl (C=O) groups excluding carboxylic acids is 1. The van der Waals surface area contributed by atoms with Crippen LogP contribution in [0.5, 0.6) is 5.88 Å². The first-order valence-electron chi connectivity index (χ1n) is 15.9. The molecular formula is C33H34ClF9N10O2. The zero-order valence-corrected chi connectivity index (χ0v) is 30.5. The fraction of sp³-hybridized carbons (Fsp3) is 0.394. The highest BCUT2D eigenvalue weighted by Crippen LogP contribution is 2.37. The van der Waals surface area contributed by atoms with Crippen molar-refractivity contribution in [1.82, 2.24) is 44.9 Å². The first kappa shape index (κ1) is 44.2. The second-order valence-electron chi connectivity index (χ2n) is 11.9. The minimum absolute atomic E-state index is 0. The number of hydrogen-bond donors (Lipinski definition) is 1. The van der Waals surface area contributed by atoms with Crippen molar-refractivity contribution in [2.45, 2.75) is 65.1 Å². The number of nitrogens with zero attached hydrogens (tertiary/aromatic N) is 9. The van der Waals surface area contributed by atoms with Crippen LogP contribution in [0.25, 0.3) is 22.5 Å². The molecule has 2 N–H and O–H groups in total. The lowest BCUT2D eigenvalue weighted by Crippen LogP contribution is -2.12. The van der Waals surface area contributed by atoms with E-state index in [9.17, 15) is 44.3 Å². The Balaban J connectivity index is 0.000000343. The van der Waals surface area contributed by atoms with Gasteiger partial charge in [0.25, 0.3) is 0 Å². The van der Waals surface area contributed by atoms with E-state index in [1.54, 1.807) is 26.8 Å². The summed E-state index contributed by atoms with van der Waals surface area (Å²) < 4.78 is 125. The molecule has 0 aromatic carbocycles. The van der Waals surface area contributed by atoms with E-state index in [4.69, 9.17) is 10.5 Å². The van der Waals surface area contributed by atoms with E-state index in [0.717, 1.165) is 15.4 Å². The lowest BCUT2D eigenvalue weighted by molar-refractivity contribution is -0.142. The number of aromatic nitrogens is 9. The minimum atomic E-state index is -4.69. The predicted molar refractivity (Wildman–Crippen MR) is 181 cm³/mol. The third kappa shape index (κ3) is 11.4. The number of alkyl halides is 9. The quantitative estimate of drug-likeness (QED) is 0.148. The Labute approximate surface area is 313 Å². The molecule has 0 radical (unpaired) electrons. The second-order valence-corrected chi connectivity index (χ2v) is 11.9. The van der Waals surface area contributed by atoms with Gasteiger partial charge in [0, 0.05) is 51.9 Å². The summed E-state index contributed by atoms with van der Waals surface area (Å²) in [6, 6.07) is 5.21. The number of ether oxygens (including phenoxy) is 1. The highest BCUT2D eigenvalue weighted by Gasteiger charge is 2.39. The zero-order valence-electron chi connectivity index (χ0n) is 29.7. The van der Waals surface area contributed by atoms with Crippen LogP contribution >= 0.6 is 12.4 Å². The van der Waals surface area contributed by atoms with Crippen LogP contribution in [0.15, 0.2) is 36.7 Å². The maximum absolute atomic E-state index is 13.3. The lowest BCUT2D eigenvalue weighted by Gasteiger charge is -2.11. The molecule has 0 atom stereocenters. The summed E-state index contributed by atoms with van der Waals surface area (Å²) in [6.45, 7) is 5.12. The van der Waals surface area contributed by atoms with Gasteiger partial charge in [-0.05, 0) is 62.1 Å². The van der Waals surface area contributed by atoms with Gasteiger partial charge < -0.3 is 10.5 Å². The first-order chi connectivity index (χ1) is 25.1. The summed E-state index contributed by atoms with van der Waals surface area (Å²) in [5.41, 5.74) is 4.07. The van der Waals surface area contributed by atoms with Gasteiger partial charge in [-0.15, -0.1) is 22.6 Å². The Morgan fingerprint density at radius 3 is 1.67 bits per heavy atom. The summed E-state index contributed by atoms with van der Waals surface area (Å²) >= 11 is 0. The number of halogens is 10. The molecule has 0 amide bonds. The smallest absolute Gasteiger partial charge is 0.435 e. The Hall–Kier alpha value is -5.18. The normalized spacial score (nSPS) is 11.8. The van der Waals surface area contributed by atoms with Gasteiger partial charge in [-0.25, -0.2) is 4.98 Å². The third-order valence-corrected chi connectivity index (χ3v) is 7.49. The van der Waals surface area contributed by atoms with Gasteiger partial charge in [-0.3, -0.25) is 14.2 Å². The summed E-state index contributed by atoms with van der Waals surface area (Å²) in [4.78, 5) is 15.8. The van der Waals surface area contributed by atoms with Crippen LogP contribution in [0, 0.1) is 13.8 Å². The highest BCUT2D eigenvalue weighted by atomic mass is 35.5. The minimum Gasteiger partial charge on any atom is -0.478 e. The van der Waals surface area contributed by atoms with Gasteiger partial charge in [0.05, 0.1) is 40.5 Å². The number of aryl methyl sites for hydroxylation is 5. The van der Waals surface area contributed by atoms with Crippen LogP contribution in [-0.4, -0.2) is 57.3 Å². The summed E-state index contributed by atoms with van der Waals surface area (Å²) in [5.74, 6) is -0.585. The zero-order chi connectivity index (χ0) is 40.2. The Morgan fingerprint density at radius 2 is 1.24 bits per heavy atom. The van der Waals surface area contributed by atoms with Crippen LogP contribution in [0.4, 0.5) is 39.5 Å². The van der Waals surface area contributed by atoms with E-state index in [1.807, 2.05) is 0 Å². The monoisotopic (exact) mass is 808 g/mol. The molecule has 12 nitrogen and oxygen atoms in total. The molecule has 5 rings (SSSR count). The van der Waals surface area contributed by atoms with Crippen LogP contribution in [0.3, 0.4) is 0 Å². The number of carbonyl (C=O) groups is 1. The molecule has 5 aromatic rings. The number of Topliss-reactive ketones (excluding diaryl/α,β-unsaturated/α-hetero) is 1. The van der Waals surface area contributed by atoms with E-state index in [-0.39, 0.29) is 84.6 Å². The van der Waals surface area contributed by atoms with Crippen molar-refractivity contribution in [1.29, 1.82) is 0 Å². The van der Waals surface area contributed by atoms with Gasteiger partial charge >= 0.3 is 18.5 Å². The van der Waals surface area contributed by atoms with Crippen molar-refractivity contribution in [2.75, 3.05) is 6.61 Å². The number of rotatable bonds is 10. The average Bonchev–Trinajstić information content (AvgIpc) is 3.66. The Kier molecular flexibility index (Phi) is 14.1. The lowest BCUT2D eigenvalue weighted by atomic mass is 10.0. The van der Waals surface area contributed by atoms with Crippen molar-refractivity contribution in [3.8, 4) is 28.4 Å². The van der Waals surface area contributed by atoms with Crippen LogP contribution in [-0.2, 0) is 56.8 Å². The molecular weight excluding hydrogens is 775 g/mol. The molecule has 5 heterocycles. The van der Waals surface area contributed by atoms with Gasteiger partial charge in [0.1, 0.15) is 11.5 Å². The standard InChI is InChI=1S/C22H21F6N5O2.C11H12F3N5.ClH/c1-4-35-18-10-13(9-17(29-18)21(23,24)25)8-15(34)6-5-14-7-12(2)19(31-30-14)16-11-33(3)32-20(16)22(26,27)28;1-6-3-7(4-15)16-17-9(6)8-5-19(2)18-10(8)11(12,13)14;/h7,9-11H,4-6,8H2,1-3H3;3,5H,4,15H2,1-2H3;1H. The molecule has 298 valence electrons. The van der Waals surface area contributed by atoms with Crippen LogP contribution in [0.2, 0.25) is 0 Å². The number of hydrogen-bond acceptors (Lipinski definition) is 10. The topological polar surface area (TPSA) is 152 Å². The molecule has 22 heteroatoms. The van der Waals surface area contributed by atoms with Gasteiger partial charge in [-0.2, -0.15) is 59.9 Å². The van der Waals surface area contributed by atoms with E-state index in [0.29, 0.717) is 22.5 Å². The number of nitrogens with two attached hydrogens (primary N) is 1. The van der Waals surface area contributed by atoms with Crippen LogP contribution < -0.4 is 10.5 Å². The van der Waals surface area contributed by atoms with Crippen LogP contribution in [0.1, 0.15) is 58.5 Å². The van der Waals surface area contributed by atoms with Gasteiger partial charge in [0.2, 0.25) is 5.88 Å². The van der Waals surface area contributed by atoms with Crippen molar-refractivity contribution < 1.29 is 49.0 Å². The fourth-order valence-corrected chi connectivity index (χ4v) is 5.19. The first-order valence-corrected chi connectivity index (χ1v) is 15.9. The molecule has 0 aliphatic carbocycles. The molecule has 0 fully saturated rings. The van der Waals surface area contributed by atoms with Crippen molar-refractivity contribution in [3.05, 3.63) is 81.8 Å². The molecule has 0 saturated carbocycles. The molecule has 0 aliphatic rings. The molecule has 5 aromatic heterocycles. The third-order valence-electron chi connectivity index (χ3n) is 7.49. The summed E-state index contributed by atoms with van der Waals surface area (Å²) in [6.07, 6.45) is -11.6. The average molecular weight is 809 g/mol. The highest BCUT2D eigenvalue weighted by molar-refractivity contribution is 5.85. The molecule has 0 unspecified atom stereocenters. The van der Waals surface area contributed by atoms with E-state index < -0.39 is 35.6 Å². The molecule has 0 spiro atoms. The summed E-state index contributed by atoms with van der Waals surface area (Å²) in [7, 11) is 2.79. The van der Waals surface area contributed by atoms with E-state index >= 15 is 0 Å². The second kappa shape index (κ2) is 17.5. The number of ketones is 1. The van der Waals surface area contributed by atoms with E-state index in [1.165, 1.54) is 38.6 Å². The van der Waals surface area contributed by atoms with Gasteiger partial charge in [-0.1, -0.05) is 0 Å². The molecule has 55 heavy (non-hydrogen) atoms. The summed E-state index contributed by atoms with van der Waals surface area (Å²) in [5, 5.41) is 22.3. The Morgan fingerprint density at radius 1 is 0.745 bits per heavy atom. The SMILES string of the molecule is CCOc1cc(CC(=O)CCc2cc(C)c(-c3cn(C)nc3C(F)(F)F)nn2)cc(C(F)(F)F)n1.Cc1cc(CN)nnc1-c1cn(C)nc1C(F)(F)F.Cl. The van der Waals surface area contributed by atoms with Crippen molar-refractivity contribution in [3.63, 3.8) is 0 Å². The van der Waals surface area contributed by atoms with Gasteiger partial charge in [0.15, 0.2) is 11.4 Å². The molecule has 0 saturated heterocycles. The van der Waals surface area contributed by atoms with Crippen molar-refractivity contribution in [2.24, 2.45) is 19.8 Å². The largest absolute Gasteiger partial charge is 0.478 e. The maximum Gasteiger partial charge on any atom is 0.435 e.